The van der Waals surface area contributed by atoms with Crippen LogP contribution in [0.3, 0.4) is 0 Å². The van der Waals surface area contributed by atoms with Gasteiger partial charge in [-0.15, -0.1) is 0 Å². The van der Waals surface area contributed by atoms with E-state index in [1.165, 1.54) is 9.69 Å². The highest BCUT2D eigenvalue weighted by Crippen LogP contribution is 2.24. The molecule has 0 N–H and O–H groups in total. The van der Waals surface area contributed by atoms with E-state index in [1.54, 1.807) is 44.2 Å². The van der Waals surface area contributed by atoms with Gasteiger partial charge >= 0.3 is 0 Å². The first-order valence-corrected chi connectivity index (χ1v) is 9.88. The van der Waals surface area contributed by atoms with Gasteiger partial charge in [-0.25, -0.2) is 4.68 Å². The van der Waals surface area contributed by atoms with Gasteiger partial charge < -0.3 is 5.11 Å². The van der Waals surface area contributed by atoms with Crippen molar-refractivity contribution < 1.29 is 9.90 Å². The standard InChI is InChI=1S/C25H22N4O2/c1-18-22(24(30)28(26-18)20-12-6-3-7-13-20)16-10-5-11-17-23-19(2)27-29(25(23)31)21-14-8-4-9-15-21/h3-17,30H,1-2H3/p-1/b11-5+,16-10+,23-17-. The lowest BCUT2D eigenvalue weighted by Gasteiger charge is -2.11. The molecule has 31 heavy (non-hydrogen) atoms. The molecule has 1 aromatic heterocycles. The average Bonchev–Trinajstić information content (AvgIpc) is 3.24. The molecule has 0 bridgehead atoms. The number of rotatable bonds is 5. The molecule has 0 radical (unpaired) electrons. The number of carbonyl (C=O) groups excluding carboxylic acids is 1. The van der Waals surface area contributed by atoms with E-state index in [9.17, 15) is 9.90 Å². The van der Waals surface area contributed by atoms with Gasteiger partial charge in [-0.3, -0.25) is 4.79 Å². The van der Waals surface area contributed by atoms with Gasteiger partial charge in [0.25, 0.3) is 5.91 Å². The zero-order valence-corrected chi connectivity index (χ0v) is 17.3. The molecule has 154 valence electrons. The van der Waals surface area contributed by atoms with Crippen LogP contribution in [0.4, 0.5) is 5.69 Å². The van der Waals surface area contributed by atoms with Crippen LogP contribution >= 0.6 is 0 Å². The average molecular weight is 409 g/mol. The van der Waals surface area contributed by atoms with Crippen molar-refractivity contribution >= 4 is 23.4 Å². The normalized spacial score (nSPS) is 15.5. The molecule has 0 fully saturated rings. The summed E-state index contributed by atoms with van der Waals surface area (Å²) in [6.45, 7) is 3.61. The summed E-state index contributed by atoms with van der Waals surface area (Å²) < 4.78 is 1.40. The molecule has 1 amide bonds. The smallest absolute Gasteiger partial charge is 0.280 e. The predicted octanol–water partition coefficient (Wildman–Crippen LogP) is 4.17. The topological polar surface area (TPSA) is 73.5 Å². The van der Waals surface area contributed by atoms with Crippen molar-refractivity contribution in [2.24, 2.45) is 5.10 Å². The number of hydrogen-bond donors (Lipinski definition) is 0. The van der Waals surface area contributed by atoms with E-state index in [1.807, 2.05) is 60.7 Å². The van der Waals surface area contributed by atoms with Crippen LogP contribution in [0, 0.1) is 6.92 Å². The maximum atomic E-state index is 12.7. The van der Waals surface area contributed by atoms with Gasteiger partial charge in [0.15, 0.2) is 0 Å². The summed E-state index contributed by atoms with van der Waals surface area (Å²) in [7, 11) is 0. The number of allylic oxidation sites excluding steroid dienone is 4. The molecule has 2 heterocycles. The van der Waals surface area contributed by atoms with Crippen LogP contribution in [-0.2, 0) is 4.79 Å². The SMILES string of the molecule is CC1=NN(c2ccccc2)C(=O)\C1=C/C=C/C=C/c1c(C)nn(-c2ccccc2)c1[O-]. The number of carbonyl (C=O) groups is 1. The van der Waals surface area contributed by atoms with Crippen LogP contribution in [0.2, 0.25) is 0 Å². The molecular formula is C25H21N4O2-. The Balaban J connectivity index is 1.48. The van der Waals surface area contributed by atoms with E-state index in [2.05, 4.69) is 10.2 Å². The van der Waals surface area contributed by atoms with Gasteiger partial charge in [-0.1, -0.05) is 60.7 Å². The number of amides is 1. The molecule has 0 aliphatic carbocycles. The fraction of sp³-hybridized carbons (Fsp3) is 0.0800. The first-order chi connectivity index (χ1) is 15.1. The monoisotopic (exact) mass is 409 g/mol. The number of aryl methyl sites for hydroxylation is 1. The highest BCUT2D eigenvalue weighted by molar-refractivity contribution is 6.29. The summed E-state index contributed by atoms with van der Waals surface area (Å²) in [6, 6.07) is 18.6. The minimum atomic E-state index is -0.167. The van der Waals surface area contributed by atoms with E-state index >= 15 is 0 Å². The Labute approximate surface area is 180 Å². The molecule has 0 unspecified atom stereocenters. The zero-order valence-electron chi connectivity index (χ0n) is 17.3. The Kier molecular flexibility index (Phi) is 5.62. The molecule has 1 aliphatic heterocycles. The minimum Gasteiger partial charge on any atom is -0.858 e. The second-order valence-corrected chi connectivity index (χ2v) is 7.01. The summed E-state index contributed by atoms with van der Waals surface area (Å²) in [6.07, 6.45) is 8.76. The number of hydrazone groups is 1. The Hall–Kier alpha value is -4.19. The highest BCUT2D eigenvalue weighted by atomic mass is 16.3. The molecule has 0 atom stereocenters. The predicted molar refractivity (Wildman–Crippen MR) is 121 cm³/mol. The van der Waals surface area contributed by atoms with E-state index in [4.69, 9.17) is 0 Å². The third-order valence-electron chi connectivity index (χ3n) is 4.87. The van der Waals surface area contributed by atoms with Crippen molar-refractivity contribution in [2.75, 3.05) is 5.01 Å². The van der Waals surface area contributed by atoms with Gasteiger partial charge in [0, 0.05) is 5.56 Å². The Morgan fingerprint density at radius 3 is 2.19 bits per heavy atom. The molecule has 0 saturated carbocycles. The van der Waals surface area contributed by atoms with Crippen LogP contribution in [0.1, 0.15) is 18.2 Å². The number of benzene rings is 2. The van der Waals surface area contributed by atoms with E-state index in [-0.39, 0.29) is 11.8 Å². The first-order valence-electron chi connectivity index (χ1n) is 9.88. The lowest BCUT2D eigenvalue weighted by molar-refractivity contribution is -0.278. The van der Waals surface area contributed by atoms with Crippen molar-refractivity contribution in [3.05, 3.63) is 102 Å². The van der Waals surface area contributed by atoms with Gasteiger partial charge in [0.05, 0.1) is 28.4 Å². The van der Waals surface area contributed by atoms with E-state index in [0.29, 0.717) is 22.5 Å². The molecule has 2 aromatic carbocycles. The minimum absolute atomic E-state index is 0.167. The van der Waals surface area contributed by atoms with Gasteiger partial charge in [0.2, 0.25) is 0 Å². The van der Waals surface area contributed by atoms with Crippen molar-refractivity contribution in [2.45, 2.75) is 13.8 Å². The lowest BCUT2D eigenvalue weighted by Crippen LogP contribution is -2.21. The number of anilines is 1. The molecule has 3 aromatic rings. The lowest BCUT2D eigenvalue weighted by atomic mass is 10.1. The Bertz CT molecular complexity index is 1220. The summed E-state index contributed by atoms with van der Waals surface area (Å²) in [5.41, 5.74) is 3.84. The third-order valence-corrected chi connectivity index (χ3v) is 4.87. The van der Waals surface area contributed by atoms with Crippen LogP contribution < -0.4 is 10.1 Å². The summed E-state index contributed by atoms with van der Waals surface area (Å²) in [5.74, 6) is -0.335. The van der Waals surface area contributed by atoms with Crippen LogP contribution in [0.25, 0.3) is 11.8 Å². The van der Waals surface area contributed by atoms with Crippen LogP contribution in [0.5, 0.6) is 5.88 Å². The molecule has 1 aliphatic rings. The fourth-order valence-electron chi connectivity index (χ4n) is 3.28. The van der Waals surface area contributed by atoms with Crippen molar-refractivity contribution in [1.82, 2.24) is 9.78 Å². The first kappa shape index (κ1) is 20.1. The Morgan fingerprint density at radius 1 is 0.871 bits per heavy atom. The maximum absolute atomic E-state index is 12.7. The number of aromatic nitrogens is 2. The van der Waals surface area contributed by atoms with Crippen molar-refractivity contribution in [3.63, 3.8) is 0 Å². The quantitative estimate of drug-likeness (QED) is 0.469. The fourth-order valence-corrected chi connectivity index (χ4v) is 3.28. The summed E-state index contributed by atoms with van der Waals surface area (Å²) in [4.78, 5) is 12.7. The van der Waals surface area contributed by atoms with Crippen molar-refractivity contribution in [3.8, 4) is 11.6 Å². The van der Waals surface area contributed by atoms with Gasteiger partial charge in [0.1, 0.15) is 0 Å². The van der Waals surface area contributed by atoms with Crippen LogP contribution in [0.15, 0.2) is 95.6 Å². The molecule has 6 heteroatoms. The third kappa shape index (κ3) is 4.09. The molecular weight excluding hydrogens is 388 g/mol. The molecule has 6 nitrogen and oxygen atoms in total. The van der Waals surface area contributed by atoms with Crippen LogP contribution in [-0.4, -0.2) is 21.4 Å². The Morgan fingerprint density at radius 2 is 1.52 bits per heavy atom. The maximum Gasteiger partial charge on any atom is 0.280 e. The van der Waals surface area contributed by atoms with E-state index < -0.39 is 0 Å². The largest absolute Gasteiger partial charge is 0.858 e. The second kappa shape index (κ2) is 8.67. The zero-order chi connectivity index (χ0) is 21.8. The van der Waals surface area contributed by atoms with Gasteiger partial charge in [-0.05, 0) is 50.1 Å². The number of nitrogens with zero attached hydrogens (tertiary/aromatic N) is 4. The number of hydrogen-bond acceptors (Lipinski definition) is 4. The summed E-state index contributed by atoms with van der Waals surface area (Å²) in [5, 5.41) is 22.8. The second-order valence-electron chi connectivity index (χ2n) is 7.01. The van der Waals surface area contributed by atoms with Gasteiger partial charge in [-0.2, -0.15) is 15.2 Å². The molecule has 0 saturated heterocycles. The van der Waals surface area contributed by atoms with Crippen molar-refractivity contribution in [1.29, 1.82) is 0 Å². The van der Waals surface area contributed by atoms with E-state index in [0.717, 1.165) is 11.4 Å². The number of para-hydroxylation sites is 2. The molecule has 0 spiro atoms. The molecule has 4 rings (SSSR count). The highest BCUT2D eigenvalue weighted by Gasteiger charge is 2.27. The summed E-state index contributed by atoms with van der Waals surface area (Å²) >= 11 is 0.